The first-order chi connectivity index (χ1) is 5.54. The number of hydrogen-bond acceptors (Lipinski definition) is 3. The molecule has 1 rings (SSSR count). The molecule has 0 aromatic carbocycles. The highest BCUT2D eigenvalue weighted by molar-refractivity contribution is 8.11. The van der Waals surface area contributed by atoms with Gasteiger partial charge in [-0.05, 0) is 12.8 Å². The van der Waals surface area contributed by atoms with Crippen molar-refractivity contribution in [1.82, 2.24) is 4.31 Å². The minimum atomic E-state index is -3.51. The molecule has 6 heteroatoms. The van der Waals surface area contributed by atoms with E-state index in [1.54, 1.807) is 7.11 Å². The zero-order valence-electron chi connectivity index (χ0n) is 6.86. The summed E-state index contributed by atoms with van der Waals surface area (Å²) in [6.45, 7) is 0.925. The first kappa shape index (κ1) is 10.2. The van der Waals surface area contributed by atoms with Crippen molar-refractivity contribution in [3.8, 4) is 0 Å². The van der Waals surface area contributed by atoms with Gasteiger partial charge in [0.05, 0.1) is 6.10 Å². The van der Waals surface area contributed by atoms with E-state index in [-0.39, 0.29) is 6.10 Å². The average molecular weight is 214 g/mol. The van der Waals surface area contributed by atoms with Gasteiger partial charge < -0.3 is 4.74 Å². The van der Waals surface area contributed by atoms with Crippen LogP contribution in [0.3, 0.4) is 0 Å². The van der Waals surface area contributed by atoms with Gasteiger partial charge in [-0.1, -0.05) is 0 Å². The van der Waals surface area contributed by atoms with Crippen LogP contribution >= 0.6 is 10.7 Å². The van der Waals surface area contributed by atoms with Crippen LogP contribution in [0.15, 0.2) is 0 Å². The molecule has 1 aliphatic rings. The lowest BCUT2D eigenvalue weighted by Crippen LogP contribution is -2.38. The Kier molecular flexibility index (Phi) is 3.34. The van der Waals surface area contributed by atoms with E-state index in [1.165, 1.54) is 4.31 Å². The van der Waals surface area contributed by atoms with Crippen molar-refractivity contribution in [2.45, 2.75) is 18.9 Å². The standard InChI is InChI=1S/C6H12ClNO3S/c1-11-6-2-4-8(5-3-6)12(7,9)10/h6H,2-5H2,1H3. The van der Waals surface area contributed by atoms with Gasteiger partial charge in [-0.15, -0.1) is 0 Å². The quantitative estimate of drug-likeness (QED) is 0.631. The predicted molar refractivity (Wildman–Crippen MR) is 46.4 cm³/mol. The molecule has 1 saturated heterocycles. The third kappa shape index (κ3) is 2.58. The summed E-state index contributed by atoms with van der Waals surface area (Å²) in [4.78, 5) is 0. The van der Waals surface area contributed by atoms with Crippen molar-refractivity contribution in [3.63, 3.8) is 0 Å². The Morgan fingerprint density at radius 1 is 1.42 bits per heavy atom. The first-order valence-corrected chi connectivity index (χ1v) is 6.03. The third-order valence-electron chi connectivity index (χ3n) is 2.04. The molecule has 0 saturated carbocycles. The Labute approximate surface area is 77.0 Å². The van der Waals surface area contributed by atoms with Crippen LogP contribution in [-0.4, -0.2) is 39.0 Å². The maximum atomic E-state index is 10.8. The summed E-state index contributed by atoms with van der Waals surface area (Å²) in [5, 5.41) is 0. The molecule has 0 amide bonds. The van der Waals surface area contributed by atoms with E-state index in [9.17, 15) is 8.42 Å². The van der Waals surface area contributed by atoms with E-state index in [0.717, 1.165) is 12.8 Å². The van der Waals surface area contributed by atoms with Gasteiger partial charge in [0.15, 0.2) is 0 Å². The van der Waals surface area contributed by atoms with Crippen LogP contribution in [0.2, 0.25) is 0 Å². The molecular formula is C6H12ClNO3S. The van der Waals surface area contributed by atoms with E-state index < -0.39 is 9.24 Å². The summed E-state index contributed by atoms with van der Waals surface area (Å²) in [6, 6.07) is 0. The van der Waals surface area contributed by atoms with Crippen LogP contribution in [0.5, 0.6) is 0 Å². The third-order valence-corrected chi connectivity index (χ3v) is 3.61. The molecule has 1 fully saturated rings. The van der Waals surface area contributed by atoms with Crippen LogP contribution < -0.4 is 0 Å². The molecule has 4 nitrogen and oxygen atoms in total. The molecular weight excluding hydrogens is 202 g/mol. The molecule has 0 radical (unpaired) electrons. The smallest absolute Gasteiger partial charge is 0.299 e. The van der Waals surface area contributed by atoms with Gasteiger partial charge >= 0.3 is 0 Å². The fraction of sp³-hybridized carbons (Fsp3) is 1.00. The van der Waals surface area contributed by atoms with Gasteiger partial charge in [0.2, 0.25) is 0 Å². The molecule has 0 unspecified atom stereocenters. The predicted octanol–water partition coefficient (Wildman–Crippen LogP) is 0.581. The number of hydrogen-bond donors (Lipinski definition) is 0. The first-order valence-electron chi connectivity index (χ1n) is 3.76. The minimum absolute atomic E-state index is 0.180. The van der Waals surface area contributed by atoms with Gasteiger partial charge in [-0.25, -0.2) is 0 Å². The van der Waals surface area contributed by atoms with Gasteiger partial charge in [0, 0.05) is 30.9 Å². The zero-order valence-corrected chi connectivity index (χ0v) is 8.44. The van der Waals surface area contributed by atoms with Crippen LogP contribution in [0.4, 0.5) is 0 Å². The number of nitrogens with zero attached hydrogens (tertiary/aromatic N) is 1. The normalized spacial score (nSPS) is 22.8. The van der Waals surface area contributed by atoms with Crippen molar-refractivity contribution in [2.75, 3.05) is 20.2 Å². The number of halogens is 1. The second-order valence-electron chi connectivity index (χ2n) is 2.78. The lowest BCUT2D eigenvalue weighted by atomic mass is 10.1. The summed E-state index contributed by atoms with van der Waals surface area (Å²) in [6.07, 6.45) is 1.63. The summed E-state index contributed by atoms with van der Waals surface area (Å²) < 4.78 is 28.0. The van der Waals surface area contributed by atoms with Gasteiger partial charge in [0.1, 0.15) is 0 Å². The van der Waals surface area contributed by atoms with Crippen molar-refractivity contribution < 1.29 is 13.2 Å². The molecule has 0 atom stereocenters. The van der Waals surface area contributed by atoms with Crippen LogP contribution in [0, 0.1) is 0 Å². The van der Waals surface area contributed by atoms with Gasteiger partial charge in [-0.2, -0.15) is 12.7 Å². The molecule has 0 bridgehead atoms. The van der Waals surface area contributed by atoms with Crippen LogP contribution in [-0.2, 0) is 14.0 Å². The van der Waals surface area contributed by atoms with Crippen molar-refractivity contribution in [1.29, 1.82) is 0 Å². The maximum Gasteiger partial charge on any atom is 0.299 e. The molecule has 0 aliphatic carbocycles. The number of rotatable bonds is 2. The van der Waals surface area contributed by atoms with E-state index in [1.807, 2.05) is 0 Å². The Morgan fingerprint density at radius 2 is 1.92 bits per heavy atom. The molecule has 0 aromatic heterocycles. The number of ether oxygens (including phenoxy) is 1. The van der Waals surface area contributed by atoms with E-state index in [4.69, 9.17) is 15.4 Å². The topological polar surface area (TPSA) is 46.6 Å². The Hall–Kier alpha value is 0.160. The Morgan fingerprint density at radius 3 is 2.25 bits per heavy atom. The highest BCUT2D eigenvalue weighted by Crippen LogP contribution is 2.17. The monoisotopic (exact) mass is 213 g/mol. The second-order valence-corrected chi connectivity index (χ2v) is 5.29. The Balaban J connectivity index is 2.47. The van der Waals surface area contributed by atoms with Gasteiger partial charge in [0.25, 0.3) is 9.24 Å². The maximum absolute atomic E-state index is 10.8. The molecule has 1 heterocycles. The summed E-state index contributed by atoms with van der Waals surface area (Å²) in [5.41, 5.74) is 0. The number of methoxy groups -OCH3 is 1. The lowest BCUT2D eigenvalue weighted by Gasteiger charge is -2.28. The zero-order chi connectivity index (χ0) is 9.19. The molecule has 1 aliphatic heterocycles. The summed E-state index contributed by atoms with van der Waals surface area (Å²) in [5.74, 6) is 0. The lowest BCUT2D eigenvalue weighted by molar-refractivity contribution is 0.0609. The molecule has 12 heavy (non-hydrogen) atoms. The molecule has 0 spiro atoms. The SMILES string of the molecule is COC1CCN(S(=O)(=O)Cl)CC1. The Bertz CT molecular complexity index is 233. The number of piperidine rings is 1. The summed E-state index contributed by atoms with van der Waals surface area (Å²) >= 11 is 0. The fourth-order valence-electron chi connectivity index (χ4n) is 1.29. The van der Waals surface area contributed by atoms with Crippen molar-refractivity contribution in [3.05, 3.63) is 0 Å². The second kappa shape index (κ2) is 3.91. The molecule has 72 valence electrons. The van der Waals surface area contributed by atoms with Crippen LogP contribution in [0.25, 0.3) is 0 Å². The highest BCUT2D eigenvalue weighted by Gasteiger charge is 2.25. The van der Waals surface area contributed by atoms with Crippen LogP contribution in [0.1, 0.15) is 12.8 Å². The minimum Gasteiger partial charge on any atom is -0.381 e. The van der Waals surface area contributed by atoms with E-state index >= 15 is 0 Å². The molecule has 0 N–H and O–H groups in total. The largest absolute Gasteiger partial charge is 0.381 e. The average Bonchev–Trinajstić information content (AvgIpc) is 2.03. The van der Waals surface area contributed by atoms with E-state index in [0.29, 0.717) is 13.1 Å². The summed E-state index contributed by atoms with van der Waals surface area (Å²) in [7, 11) is 3.29. The van der Waals surface area contributed by atoms with Gasteiger partial charge in [-0.3, -0.25) is 0 Å². The fourth-order valence-corrected chi connectivity index (χ4v) is 2.35. The van der Waals surface area contributed by atoms with Crippen molar-refractivity contribution in [2.24, 2.45) is 0 Å². The highest BCUT2D eigenvalue weighted by atomic mass is 35.7. The molecule has 0 aromatic rings. The van der Waals surface area contributed by atoms with E-state index in [2.05, 4.69) is 0 Å². The van der Waals surface area contributed by atoms with Crippen molar-refractivity contribution >= 4 is 19.9 Å².